The highest BCUT2D eigenvalue weighted by molar-refractivity contribution is 5.96. The molecule has 0 amide bonds. The fraction of sp³-hybridized carbons (Fsp3) is 0.0714. The SMILES string of the molecule is Cc1ccc(C(=N)N)cc1-c1ccc(N)cc1. The average Bonchev–Trinajstić information content (AvgIpc) is 2.31. The molecule has 5 N–H and O–H groups in total. The number of hydrogen-bond donors (Lipinski definition) is 3. The van der Waals surface area contributed by atoms with E-state index >= 15 is 0 Å². The third kappa shape index (κ3) is 2.28. The number of nitrogen functional groups attached to an aromatic ring is 2. The Morgan fingerprint density at radius 1 is 1.06 bits per heavy atom. The Bertz CT molecular complexity index is 556. The second-order valence-corrected chi connectivity index (χ2v) is 4.07. The van der Waals surface area contributed by atoms with Crippen molar-refractivity contribution >= 4 is 11.5 Å². The van der Waals surface area contributed by atoms with E-state index in [-0.39, 0.29) is 5.84 Å². The molecule has 0 aliphatic heterocycles. The van der Waals surface area contributed by atoms with Crippen LogP contribution in [0.4, 0.5) is 5.69 Å². The molecule has 0 aliphatic rings. The number of rotatable bonds is 2. The van der Waals surface area contributed by atoms with Crippen LogP contribution in [0.15, 0.2) is 42.5 Å². The molecule has 2 rings (SSSR count). The maximum absolute atomic E-state index is 7.46. The molecule has 86 valence electrons. The van der Waals surface area contributed by atoms with Crippen molar-refractivity contribution in [3.05, 3.63) is 53.6 Å². The maximum atomic E-state index is 7.46. The van der Waals surface area contributed by atoms with Crippen LogP contribution in [0.5, 0.6) is 0 Å². The monoisotopic (exact) mass is 225 g/mol. The predicted octanol–water partition coefficient (Wildman–Crippen LogP) is 2.53. The molecule has 0 atom stereocenters. The zero-order valence-corrected chi connectivity index (χ0v) is 9.70. The summed E-state index contributed by atoms with van der Waals surface area (Å²) in [6.07, 6.45) is 0. The van der Waals surface area contributed by atoms with Gasteiger partial charge in [0.15, 0.2) is 0 Å². The van der Waals surface area contributed by atoms with E-state index in [0.717, 1.165) is 27.9 Å². The van der Waals surface area contributed by atoms with Crippen molar-refractivity contribution in [2.75, 3.05) is 5.73 Å². The summed E-state index contributed by atoms with van der Waals surface area (Å²) in [5.41, 5.74) is 16.0. The highest BCUT2D eigenvalue weighted by atomic mass is 14.7. The van der Waals surface area contributed by atoms with Crippen LogP contribution in [0.1, 0.15) is 11.1 Å². The van der Waals surface area contributed by atoms with Gasteiger partial charge in [-0.3, -0.25) is 5.41 Å². The molecule has 2 aromatic carbocycles. The van der Waals surface area contributed by atoms with E-state index in [1.165, 1.54) is 0 Å². The first-order chi connectivity index (χ1) is 8.08. The van der Waals surface area contributed by atoms with Gasteiger partial charge >= 0.3 is 0 Å². The standard InChI is InChI=1S/C14H15N3/c1-9-2-3-11(14(16)17)8-13(9)10-4-6-12(15)7-5-10/h2-8H,15H2,1H3,(H3,16,17). The number of anilines is 1. The smallest absolute Gasteiger partial charge is 0.122 e. The molecular weight excluding hydrogens is 210 g/mol. The molecule has 0 aliphatic carbocycles. The van der Waals surface area contributed by atoms with Crippen molar-refractivity contribution in [1.29, 1.82) is 5.41 Å². The van der Waals surface area contributed by atoms with Gasteiger partial charge in [0.05, 0.1) is 0 Å². The first kappa shape index (κ1) is 11.2. The molecule has 0 bridgehead atoms. The Balaban J connectivity index is 2.54. The summed E-state index contributed by atoms with van der Waals surface area (Å²) >= 11 is 0. The van der Waals surface area contributed by atoms with Crippen molar-refractivity contribution in [2.45, 2.75) is 6.92 Å². The van der Waals surface area contributed by atoms with Gasteiger partial charge in [-0.15, -0.1) is 0 Å². The Hall–Kier alpha value is -2.29. The highest BCUT2D eigenvalue weighted by Gasteiger charge is 2.04. The third-order valence-electron chi connectivity index (χ3n) is 2.77. The zero-order chi connectivity index (χ0) is 12.4. The third-order valence-corrected chi connectivity index (χ3v) is 2.77. The molecule has 0 saturated carbocycles. The van der Waals surface area contributed by atoms with Crippen molar-refractivity contribution in [3.63, 3.8) is 0 Å². The summed E-state index contributed by atoms with van der Waals surface area (Å²) in [4.78, 5) is 0. The Labute approximate surface area is 101 Å². The highest BCUT2D eigenvalue weighted by Crippen LogP contribution is 2.25. The van der Waals surface area contributed by atoms with Gasteiger partial charge in [-0.05, 0) is 41.8 Å². The van der Waals surface area contributed by atoms with Crippen LogP contribution in [0, 0.1) is 12.3 Å². The van der Waals surface area contributed by atoms with Gasteiger partial charge < -0.3 is 11.5 Å². The summed E-state index contributed by atoms with van der Waals surface area (Å²) in [6.45, 7) is 2.04. The fourth-order valence-electron chi connectivity index (χ4n) is 1.76. The van der Waals surface area contributed by atoms with Crippen molar-refractivity contribution < 1.29 is 0 Å². The molecule has 0 saturated heterocycles. The van der Waals surface area contributed by atoms with Gasteiger partial charge in [-0.1, -0.05) is 24.3 Å². The average molecular weight is 225 g/mol. The fourth-order valence-corrected chi connectivity index (χ4v) is 1.76. The second kappa shape index (κ2) is 4.29. The van der Waals surface area contributed by atoms with E-state index in [1.807, 2.05) is 49.4 Å². The Morgan fingerprint density at radius 3 is 2.29 bits per heavy atom. The van der Waals surface area contributed by atoms with Gasteiger partial charge in [0.1, 0.15) is 5.84 Å². The normalized spacial score (nSPS) is 10.2. The van der Waals surface area contributed by atoms with E-state index in [0.29, 0.717) is 0 Å². The summed E-state index contributed by atoms with van der Waals surface area (Å²) in [5, 5.41) is 7.46. The van der Waals surface area contributed by atoms with Gasteiger partial charge in [-0.2, -0.15) is 0 Å². The number of amidine groups is 1. The predicted molar refractivity (Wildman–Crippen MR) is 72.0 cm³/mol. The molecule has 0 fully saturated rings. The van der Waals surface area contributed by atoms with E-state index in [4.69, 9.17) is 16.9 Å². The van der Waals surface area contributed by atoms with Crippen molar-refractivity contribution in [3.8, 4) is 11.1 Å². The number of hydrogen-bond acceptors (Lipinski definition) is 2. The van der Waals surface area contributed by atoms with E-state index in [2.05, 4.69) is 0 Å². The quantitative estimate of drug-likeness (QED) is 0.417. The van der Waals surface area contributed by atoms with Crippen LogP contribution >= 0.6 is 0 Å². The first-order valence-electron chi connectivity index (χ1n) is 5.39. The molecule has 2 aromatic rings. The largest absolute Gasteiger partial charge is 0.399 e. The topological polar surface area (TPSA) is 75.9 Å². The molecule has 0 heterocycles. The Morgan fingerprint density at radius 2 is 1.71 bits per heavy atom. The van der Waals surface area contributed by atoms with Crippen LogP contribution in [-0.4, -0.2) is 5.84 Å². The van der Waals surface area contributed by atoms with Gasteiger partial charge in [0.2, 0.25) is 0 Å². The number of nitrogens with one attached hydrogen (secondary N) is 1. The lowest BCUT2D eigenvalue weighted by atomic mass is 9.97. The summed E-state index contributed by atoms with van der Waals surface area (Å²) in [6, 6.07) is 13.5. The molecule has 0 aromatic heterocycles. The molecule has 0 spiro atoms. The minimum atomic E-state index is 0.0849. The summed E-state index contributed by atoms with van der Waals surface area (Å²) in [7, 11) is 0. The molecule has 3 heteroatoms. The lowest BCUT2D eigenvalue weighted by Gasteiger charge is -2.08. The maximum Gasteiger partial charge on any atom is 0.122 e. The Kier molecular flexibility index (Phi) is 2.83. The lowest BCUT2D eigenvalue weighted by molar-refractivity contribution is 1.39. The lowest BCUT2D eigenvalue weighted by Crippen LogP contribution is -2.11. The van der Waals surface area contributed by atoms with Gasteiger partial charge in [-0.25, -0.2) is 0 Å². The van der Waals surface area contributed by atoms with Crippen LogP contribution in [-0.2, 0) is 0 Å². The number of benzene rings is 2. The minimum Gasteiger partial charge on any atom is -0.399 e. The van der Waals surface area contributed by atoms with Crippen LogP contribution in [0.2, 0.25) is 0 Å². The molecule has 0 unspecified atom stereocenters. The van der Waals surface area contributed by atoms with Crippen molar-refractivity contribution in [1.82, 2.24) is 0 Å². The summed E-state index contributed by atoms with van der Waals surface area (Å²) in [5.74, 6) is 0.0849. The van der Waals surface area contributed by atoms with Gasteiger partial charge in [0, 0.05) is 11.3 Å². The van der Waals surface area contributed by atoms with E-state index in [1.54, 1.807) is 0 Å². The zero-order valence-electron chi connectivity index (χ0n) is 9.70. The van der Waals surface area contributed by atoms with Crippen LogP contribution in [0.25, 0.3) is 11.1 Å². The first-order valence-corrected chi connectivity index (χ1v) is 5.39. The van der Waals surface area contributed by atoms with E-state index < -0.39 is 0 Å². The summed E-state index contributed by atoms with van der Waals surface area (Å²) < 4.78 is 0. The van der Waals surface area contributed by atoms with Crippen molar-refractivity contribution in [2.24, 2.45) is 5.73 Å². The number of aryl methyl sites for hydroxylation is 1. The van der Waals surface area contributed by atoms with Crippen LogP contribution in [0.3, 0.4) is 0 Å². The second-order valence-electron chi connectivity index (χ2n) is 4.07. The molecule has 3 nitrogen and oxygen atoms in total. The van der Waals surface area contributed by atoms with E-state index in [9.17, 15) is 0 Å². The molecule has 17 heavy (non-hydrogen) atoms. The minimum absolute atomic E-state index is 0.0849. The number of nitrogens with two attached hydrogens (primary N) is 2. The van der Waals surface area contributed by atoms with Crippen LogP contribution < -0.4 is 11.5 Å². The molecular formula is C14H15N3. The molecule has 0 radical (unpaired) electrons. The van der Waals surface area contributed by atoms with Gasteiger partial charge in [0.25, 0.3) is 0 Å².